The van der Waals surface area contributed by atoms with E-state index in [0.29, 0.717) is 5.69 Å². The highest BCUT2D eigenvalue weighted by Gasteiger charge is 2.39. The summed E-state index contributed by atoms with van der Waals surface area (Å²) in [7, 11) is -4.68. The molecule has 1 fully saturated rings. The molecule has 0 radical (unpaired) electrons. The van der Waals surface area contributed by atoms with Crippen LogP contribution in [0.5, 0.6) is 0 Å². The number of halogens is 2. The van der Waals surface area contributed by atoms with Gasteiger partial charge in [0.25, 0.3) is 0 Å². The highest BCUT2D eigenvalue weighted by Crippen LogP contribution is 2.32. The summed E-state index contributed by atoms with van der Waals surface area (Å²) in [6.45, 7) is 3.62. The van der Waals surface area contributed by atoms with Gasteiger partial charge in [-0.25, -0.2) is 0 Å². The number of rotatable bonds is 2. The van der Waals surface area contributed by atoms with Crippen molar-refractivity contribution in [1.29, 1.82) is 0 Å². The maximum atomic E-state index is 13.0. The van der Waals surface area contributed by atoms with Gasteiger partial charge in [-0.3, -0.25) is 4.79 Å². The molecular weight excluding hydrogens is 337 g/mol. The zero-order valence-electron chi connectivity index (χ0n) is 10.5. The Balaban J connectivity index is 2.39. The van der Waals surface area contributed by atoms with Crippen LogP contribution in [0.25, 0.3) is 0 Å². The van der Waals surface area contributed by atoms with E-state index in [9.17, 15) is 17.1 Å². The molecule has 1 aromatic carbocycles. The van der Waals surface area contributed by atoms with E-state index in [1.165, 1.54) is 4.90 Å². The van der Waals surface area contributed by atoms with Gasteiger partial charge in [-0.1, -0.05) is 15.9 Å². The maximum Gasteiger partial charge on any atom is 0.307 e. The van der Waals surface area contributed by atoms with E-state index < -0.39 is 15.5 Å². The normalized spacial score (nSPS) is 20.1. The van der Waals surface area contributed by atoms with Crippen LogP contribution in [0.1, 0.15) is 17.5 Å². The molecule has 1 saturated heterocycles. The number of carbonyl (C=O) groups excluding carboxylic acids is 1. The summed E-state index contributed by atoms with van der Waals surface area (Å²) >= 11 is 3.39. The van der Waals surface area contributed by atoms with Gasteiger partial charge in [-0.05, 0) is 37.1 Å². The van der Waals surface area contributed by atoms with Gasteiger partial charge in [-0.2, -0.15) is 8.42 Å². The molecule has 1 amide bonds. The maximum absolute atomic E-state index is 13.0. The van der Waals surface area contributed by atoms with Crippen molar-refractivity contribution in [1.82, 2.24) is 0 Å². The summed E-state index contributed by atoms with van der Waals surface area (Å²) in [5.41, 5.74) is 2.48. The van der Waals surface area contributed by atoms with Crippen LogP contribution < -0.4 is 4.90 Å². The molecule has 1 unspecified atom stereocenters. The Labute approximate surface area is 119 Å². The zero-order chi connectivity index (χ0) is 14.4. The molecular formula is C12H13BrFNO3S. The molecule has 0 aliphatic carbocycles. The third kappa shape index (κ3) is 2.67. The van der Waals surface area contributed by atoms with Crippen LogP contribution in [0.3, 0.4) is 0 Å². The molecule has 1 heterocycles. The summed E-state index contributed by atoms with van der Waals surface area (Å²) in [5.74, 6) is -0.365. The molecule has 1 aliphatic heterocycles. The van der Waals surface area contributed by atoms with Crippen LogP contribution in [0.4, 0.5) is 9.57 Å². The first kappa shape index (κ1) is 14.5. The molecule has 19 heavy (non-hydrogen) atoms. The van der Waals surface area contributed by atoms with Crippen molar-refractivity contribution in [3.63, 3.8) is 0 Å². The van der Waals surface area contributed by atoms with Crippen molar-refractivity contribution in [3.8, 4) is 0 Å². The first-order chi connectivity index (χ1) is 8.71. The van der Waals surface area contributed by atoms with Crippen LogP contribution in [-0.2, 0) is 15.0 Å². The molecule has 1 aliphatic rings. The zero-order valence-corrected chi connectivity index (χ0v) is 12.9. The predicted octanol–water partition coefficient (Wildman–Crippen LogP) is 2.47. The van der Waals surface area contributed by atoms with Crippen molar-refractivity contribution in [2.24, 2.45) is 0 Å². The molecule has 7 heteroatoms. The van der Waals surface area contributed by atoms with Gasteiger partial charge in [0.2, 0.25) is 5.91 Å². The molecule has 0 aromatic heterocycles. The molecule has 104 valence electrons. The van der Waals surface area contributed by atoms with Gasteiger partial charge in [0.15, 0.2) is 0 Å². The molecule has 2 rings (SSSR count). The summed E-state index contributed by atoms with van der Waals surface area (Å²) in [6.07, 6.45) is -0.298. The van der Waals surface area contributed by atoms with E-state index in [2.05, 4.69) is 15.9 Å². The summed E-state index contributed by atoms with van der Waals surface area (Å²) in [5, 5.41) is -1.26. The molecule has 0 spiro atoms. The molecule has 1 atom stereocenters. The fourth-order valence-corrected chi connectivity index (χ4v) is 3.26. The van der Waals surface area contributed by atoms with Gasteiger partial charge < -0.3 is 4.90 Å². The second-order valence-corrected chi connectivity index (χ2v) is 7.09. The Kier molecular flexibility index (Phi) is 3.70. The van der Waals surface area contributed by atoms with E-state index >= 15 is 0 Å². The molecule has 1 aromatic rings. The number of amides is 1. The second kappa shape index (κ2) is 4.86. The SMILES string of the molecule is Cc1c(Br)ccc(N2CC(S(=O)(=O)F)CC2=O)c1C. The second-order valence-electron chi connectivity index (χ2n) is 4.62. The fraction of sp³-hybridized carbons (Fsp3) is 0.417. The average molecular weight is 350 g/mol. The van der Waals surface area contributed by atoms with E-state index in [1.807, 2.05) is 13.8 Å². The minimum Gasteiger partial charge on any atom is -0.311 e. The molecule has 0 N–H and O–H groups in total. The van der Waals surface area contributed by atoms with Gasteiger partial charge in [-0.15, -0.1) is 3.89 Å². The van der Waals surface area contributed by atoms with Gasteiger partial charge in [0.1, 0.15) is 5.25 Å². The van der Waals surface area contributed by atoms with E-state index in [4.69, 9.17) is 0 Å². The highest BCUT2D eigenvalue weighted by molar-refractivity contribution is 9.10. The van der Waals surface area contributed by atoms with Crippen molar-refractivity contribution >= 4 is 37.7 Å². The number of hydrogen-bond acceptors (Lipinski definition) is 3. The third-order valence-electron chi connectivity index (χ3n) is 3.47. The molecule has 4 nitrogen and oxygen atoms in total. The summed E-state index contributed by atoms with van der Waals surface area (Å²) in [6, 6.07) is 3.53. The van der Waals surface area contributed by atoms with Crippen molar-refractivity contribution < 1.29 is 17.1 Å². The highest BCUT2D eigenvalue weighted by atomic mass is 79.9. The predicted molar refractivity (Wildman–Crippen MR) is 74.4 cm³/mol. The number of nitrogens with zero attached hydrogens (tertiary/aromatic N) is 1. The lowest BCUT2D eigenvalue weighted by atomic mass is 10.1. The summed E-state index contributed by atoms with van der Waals surface area (Å²) in [4.78, 5) is 13.2. The molecule has 0 saturated carbocycles. The first-order valence-electron chi connectivity index (χ1n) is 5.71. The topological polar surface area (TPSA) is 54.5 Å². The Bertz CT molecular complexity index is 645. The minimum absolute atomic E-state index is 0.125. The quantitative estimate of drug-likeness (QED) is 0.770. The van der Waals surface area contributed by atoms with Crippen LogP contribution in [0.2, 0.25) is 0 Å². The number of anilines is 1. The van der Waals surface area contributed by atoms with Crippen molar-refractivity contribution in [3.05, 3.63) is 27.7 Å². The first-order valence-corrected chi connectivity index (χ1v) is 7.95. The molecule has 0 bridgehead atoms. The number of hydrogen-bond donors (Lipinski definition) is 0. The van der Waals surface area contributed by atoms with Crippen LogP contribution >= 0.6 is 15.9 Å². The average Bonchev–Trinajstić information content (AvgIpc) is 2.68. The lowest BCUT2D eigenvalue weighted by molar-refractivity contribution is -0.117. The largest absolute Gasteiger partial charge is 0.311 e. The standard InChI is InChI=1S/C12H13BrFNO3S/c1-7-8(2)11(4-3-10(7)13)15-6-9(5-12(15)16)19(14,17)18/h3-4,9H,5-6H2,1-2H3. The van der Waals surface area contributed by atoms with Crippen LogP contribution in [-0.4, -0.2) is 26.1 Å². The minimum atomic E-state index is -4.68. The lowest BCUT2D eigenvalue weighted by Crippen LogP contribution is -2.27. The van der Waals surface area contributed by atoms with Gasteiger partial charge in [0, 0.05) is 23.1 Å². The Hall–Kier alpha value is -0.950. The van der Waals surface area contributed by atoms with Crippen LogP contribution in [0, 0.1) is 13.8 Å². The Morgan fingerprint density at radius 2 is 1.95 bits per heavy atom. The lowest BCUT2D eigenvalue weighted by Gasteiger charge is -2.20. The smallest absolute Gasteiger partial charge is 0.307 e. The van der Waals surface area contributed by atoms with Crippen molar-refractivity contribution in [2.75, 3.05) is 11.4 Å². The van der Waals surface area contributed by atoms with E-state index in [0.717, 1.165) is 15.6 Å². The summed E-state index contributed by atoms with van der Waals surface area (Å²) < 4.78 is 35.7. The van der Waals surface area contributed by atoms with E-state index in [-0.39, 0.29) is 18.9 Å². The van der Waals surface area contributed by atoms with Crippen LogP contribution in [0.15, 0.2) is 16.6 Å². The Morgan fingerprint density at radius 1 is 1.32 bits per heavy atom. The van der Waals surface area contributed by atoms with Gasteiger partial charge in [0.05, 0.1) is 0 Å². The third-order valence-corrected chi connectivity index (χ3v) is 5.44. The van der Waals surface area contributed by atoms with E-state index in [1.54, 1.807) is 12.1 Å². The number of benzene rings is 1. The number of carbonyl (C=O) groups is 1. The van der Waals surface area contributed by atoms with Gasteiger partial charge >= 0.3 is 10.2 Å². The Morgan fingerprint density at radius 3 is 2.47 bits per heavy atom. The van der Waals surface area contributed by atoms with Crippen molar-refractivity contribution in [2.45, 2.75) is 25.5 Å². The fourth-order valence-electron chi connectivity index (χ4n) is 2.16. The monoisotopic (exact) mass is 349 g/mol.